The minimum absolute atomic E-state index is 0.0160. The van der Waals surface area contributed by atoms with Crippen molar-refractivity contribution >= 4 is 23.5 Å². The minimum atomic E-state index is -0.788. The molecule has 2 aromatic carbocycles. The van der Waals surface area contributed by atoms with Gasteiger partial charge in [-0.25, -0.2) is 4.68 Å². The number of nitrogens with one attached hydrogen (secondary N) is 4. The van der Waals surface area contributed by atoms with Crippen LogP contribution in [-0.4, -0.2) is 40.1 Å². The van der Waals surface area contributed by atoms with Crippen LogP contribution in [0.1, 0.15) is 61.6 Å². The standard InChI is InChI=1S/C28H34N6O3/c1-3-10-22-18-25(35)32-28(30-22)34-24(17-19(2)33-34)31-27(37)26(36)29-16-15-23(20-11-6-4-7-12-20)21-13-8-5-9-14-21/h4-9,11-14,17,22-23,28,30H,3,10,15-16,18H2,1-2H3,(H,29,36)(H,31,37)(H,32,35). The number of carbonyl (C=O) groups is 3. The number of benzene rings is 2. The fourth-order valence-electron chi connectivity index (χ4n) is 4.71. The fraction of sp³-hybridized carbons (Fsp3) is 0.357. The van der Waals surface area contributed by atoms with Gasteiger partial charge >= 0.3 is 11.8 Å². The molecule has 4 N–H and O–H groups in total. The molecule has 0 radical (unpaired) electrons. The average molecular weight is 503 g/mol. The summed E-state index contributed by atoms with van der Waals surface area (Å²) in [5, 5.41) is 16.0. The van der Waals surface area contributed by atoms with Gasteiger partial charge in [-0.2, -0.15) is 5.10 Å². The van der Waals surface area contributed by atoms with Gasteiger partial charge in [0.2, 0.25) is 5.91 Å². The fourth-order valence-corrected chi connectivity index (χ4v) is 4.71. The Morgan fingerprint density at radius 3 is 2.32 bits per heavy atom. The third-order valence-electron chi connectivity index (χ3n) is 6.43. The molecule has 194 valence electrons. The molecule has 3 amide bonds. The highest BCUT2D eigenvalue weighted by atomic mass is 16.2. The quantitative estimate of drug-likeness (QED) is 0.335. The number of carbonyl (C=O) groups excluding carboxylic acids is 3. The lowest BCUT2D eigenvalue weighted by Crippen LogP contribution is -2.53. The zero-order valence-electron chi connectivity index (χ0n) is 21.2. The summed E-state index contributed by atoms with van der Waals surface area (Å²) in [5.41, 5.74) is 2.95. The molecule has 4 rings (SSSR count). The lowest BCUT2D eigenvalue weighted by atomic mass is 9.88. The van der Waals surface area contributed by atoms with Gasteiger partial charge in [0.25, 0.3) is 0 Å². The summed E-state index contributed by atoms with van der Waals surface area (Å²) < 4.78 is 1.50. The molecule has 1 saturated heterocycles. The van der Waals surface area contributed by atoms with Gasteiger partial charge in [0.05, 0.1) is 5.69 Å². The second-order valence-electron chi connectivity index (χ2n) is 9.31. The molecule has 0 saturated carbocycles. The maximum atomic E-state index is 12.7. The van der Waals surface area contributed by atoms with E-state index >= 15 is 0 Å². The van der Waals surface area contributed by atoms with E-state index in [1.165, 1.54) is 4.68 Å². The molecular weight excluding hydrogens is 468 g/mol. The van der Waals surface area contributed by atoms with E-state index in [4.69, 9.17) is 0 Å². The van der Waals surface area contributed by atoms with E-state index in [0.717, 1.165) is 24.0 Å². The van der Waals surface area contributed by atoms with Gasteiger partial charge in [-0.15, -0.1) is 0 Å². The van der Waals surface area contributed by atoms with Crippen LogP contribution < -0.4 is 21.3 Å². The topological polar surface area (TPSA) is 117 Å². The van der Waals surface area contributed by atoms with Crippen molar-refractivity contribution in [2.24, 2.45) is 0 Å². The first-order valence-corrected chi connectivity index (χ1v) is 12.7. The summed E-state index contributed by atoms with van der Waals surface area (Å²) >= 11 is 0. The van der Waals surface area contributed by atoms with E-state index in [1.54, 1.807) is 13.0 Å². The lowest BCUT2D eigenvalue weighted by molar-refractivity contribution is -0.136. The van der Waals surface area contributed by atoms with Crippen LogP contribution in [0.25, 0.3) is 0 Å². The molecule has 0 spiro atoms. The smallest absolute Gasteiger partial charge is 0.314 e. The van der Waals surface area contributed by atoms with Gasteiger partial charge in [0.15, 0.2) is 6.29 Å². The SMILES string of the molecule is CCCC1CC(=O)NC(n2nc(C)cc2NC(=O)C(=O)NCCC(c2ccccc2)c2ccccc2)N1. The highest BCUT2D eigenvalue weighted by Gasteiger charge is 2.29. The Balaban J connectivity index is 1.38. The van der Waals surface area contributed by atoms with Crippen molar-refractivity contribution < 1.29 is 14.4 Å². The molecule has 0 bridgehead atoms. The number of rotatable bonds is 9. The molecular formula is C28H34N6O3. The van der Waals surface area contributed by atoms with Crippen molar-refractivity contribution in [1.82, 2.24) is 25.7 Å². The number of anilines is 1. The first-order chi connectivity index (χ1) is 17.9. The summed E-state index contributed by atoms with van der Waals surface area (Å²) in [6.45, 7) is 4.18. The monoisotopic (exact) mass is 502 g/mol. The Morgan fingerprint density at radius 1 is 1.05 bits per heavy atom. The summed E-state index contributed by atoms with van der Waals surface area (Å²) in [4.78, 5) is 37.6. The first-order valence-electron chi connectivity index (χ1n) is 12.7. The van der Waals surface area contributed by atoms with Crippen LogP contribution >= 0.6 is 0 Å². The molecule has 1 aliphatic rings. The van der Waals surface area contributed by atoms with E-state index in [0.29, 0.717) is 30.9 Å². The van der Waals surface area contributed by atoms with E-state index in [-0.39, 0.29) is 17.9 Å². The lowest BCUT2D eigenvalue weighted by Gasteiger charge is -2.32. The van der Waals surface area contributed by atoms with Gasteiger partial charge in [0, 0.05) is 31.0 Å². The van der Waals surface area contributed by atoms with Crippen LogP contribution in [0.3, 0.4) is 0 Å². The number of hydrogen-bond donors (Lipinski definition) is 4. The van der Waals surface area contributed by atoms with Crippen LogP contribution in [-0.2, 0) is 14.4 Å². The largest absolute Gasteiger partial charge is 0.348 e. The van der Waals surface area contributed by atoms with Crippen molar-refractivity contribution in [3.8, 4) is 0 Å². The Hall–Kier alpha value is -3.98. The predicted octanol–water partition coefficient (Wildman–Crippen LogP) is 3.20. The van der Waals surface area contributed by atoms with Crippen LogP contribution in [0.4, 0.5) is 5.82 Å². The maximum absolute atomic E-state index is 12.7. The molecule has 2 unspecified atom stereocenters. The van der Waals surface area contributed by atoms with Crippen molar-refractivity contribution in [1.29, 1.82) is 0 Å². The van der Waals surface area contributed by atoms with Crippen molar-refractivity contribution in [3.63, 3.8) is 0 Å². The summed E-state index contributed by atoms with van der Waals surface area (Å²) in [5.74, 6) is -1.18. The van der Waals surface area contributed by atoms with E-state index in [1.807, 2.05) is 36.4 Å². The van der Waals surface area contributed by atoms with Crippen molar-refractivity contribution in [2.75, 3.05) is 11.9 Å². The molecule has 3 aromatic rings. The van der Waals surface area contributed by atoms with Crippen LogP contribution in [0.5, 0.6) is 0 Å². The number of hydrogen-bond acceptors (Lipinski definition) is 5. The summed E-state index contributed by atoms with van der Waals surface area (Å²) in [6, 6.07) is 21.9. The number of aromatic nitrogens is 2. The molecule has 1 fully saturated rings. The van der Waals surface area contributed by atoms with Crippen LogP contribution in [0.2, 0.25) is 0 Å². The highest BCUT2D eigenvalue weighted by molar-refractivity contribution is 6.39. The van der Waals surface area contributed by atoms with Gasteiger partial charge < -0.3 is 16.0 Å². The molecule has 0 aliphatic carbocycles. The zero-order chi connectivity index (χ0) is 26.2. The average Bonchev–Trinajstić information content (AvgIpc) is 3.27. The number of amides is 3. The Bertz CT molecular complexity index is 1170. The van der Waals surface area contributed by atoms with Crippen LogP contribution in [0.15, 0.2) is 66.7 Å². The zero-order valence-corrected chi connectivity index (χ0v) is 21.2. The third kappa shape index (κ3) is 6.83. The molecule has 9 heteroatoms. The summed E-state index contributed by atoms with van der Waals surface area (Å²) in [6.07, 6.45) is 2.21. The highest BCUT2D eigenvalue weighted by Crippen LogP contribution is 2.27. The van der Waals surface area contributed by atoms with Gasteiger partial charge in [0.1, 0.15) is 5.82 Å². The Kier molecular flexibility index (Phi) is 8.68. The third-order valence-corrected chi connectivity index (χ3v) is 6.43. The second-order valence-corrected chi connectivity index (χ2v) is 9.31. The van der Waals surface area contributed by atoms with E-state index < -0.39 is 18.1 Å². The normalized spacial score (nSPS) is 17.3. The predicted molar refractivity (Wildman–Crippen MR) is 142 cm³/mol. The molecule has 1 aromatic heterocycles. The van der Waals surface area contributed by atoms with Gasteiger partial charge in [-0.3, -0.25) is 19.7 Å². The number of aryl methyl sites for hydroxylation is 1. The minimum Gasteiger partial charge on any atom is -0.348 e. The molecule has 9 nitrogen and oxygen atoms in total. The van der Waals surface area contributed by atoms with Gasteiger partial charge in [-0.05, 0) is 30.9 Å². The first kappa shape index (κ1) is 26.1. The van der Waals surface area contributed by atoms with Crippen molar-refractivity contribution in [3.05, 3.63) is 83.6 Å². The van der Waals surface area contributed by atoms with Crippen molar-refractivity contribution in [2.45, 2.75) is 57.8 Å². The van der Waals surface area contributed by atoms with Gasteiger partial charge in [-0.1, -0.05) is 74.0 Å². The Morgan fingerprint density at radius 2 is 1.70 bits per heavy atom. The summed E-state index contributed by atoms with van der Waals surface area (Å²) in [7, 11) is 0. The van der Waals surface area contributed by atoms with E-state index in [2.05, 4.69) is 57.6 Å². The Labute approximate surface area is 217 Å². The second kappa shape index (κ2) is 12.3. The van der Waals surface area contributed by atoms with E-state index in [9.17, 15) is 14.4 Å². The molecule has 2 heterocycles. The number of nitrogens with zero attached hydrogens (tertiary/aromatic N) is 2. The molecule has 37 heavy (non-hydrogen) atoms. The maximum Gasteiger partial charge on any atom is 0.314 e. The van der Waals surface area contributed by atoms with Crippen LogP contribution in [0, 0.1) is 6.92 Å². The molecule has 1 aliphatic heterocycles. The molecule has 2 atom stereocenters.